The molecule has 2 heterocycles. The maximum Gasteiger partial charge on any atom is 0.270 e. The Hall–Kier alpha value is -3.09. The zero-order valence-electron chi connectivity index (χ0n) is 18.1. The summed E-state index contributed by atoms with van der Waals surface area (Å²) in [4.78, 5) is 40.4. The van der Waals surface area contributed by atoms with Crippen molar-refractivity contribution in [1.29, 1.82) is 5.26 Å². The molecule has 0 saturated heterocycles. The molecule has 0 atom stereocenters. The van der Waals surface area contributed by atoms with Crippen LogP contribution >= 0.6 is 11.9 Å². The lowest BCUT2D eigenvalue weighted by Crippen LogP contribution is -2.48. The minimum Gasteiger partial charge on any atom is -0.348 e. The molecule has 166 valence electrons. The van der Waals surface area contributed by atoms with Crippen LogP contribution in [0.5, 0.6) is 0 Å². The van der Waals surface area contributed by atoms with Crippen molar-refractivity contribution in [3.05, 3.63) is 69.1 Å². The van der Waals surface area contributed by atoms with E-state index in [1.165, 1.54) is 10.6 Å². The molecule has 0 spiro atoms. The Kier molecular flexibility index (Phi) is 6.09. The van der Waals surface area contributed by atoms with Gasteiger partial charge in [-0.05, 0) is 56.8 Å². The van der Waals surface area contributed by atoms with Gasteiger partial charge in [-0.2, -0.15) is 5.26 Å². The maximum atomic E-state index is 13.0. The van der Waals surface area contributed by atoms with Crippen LogP contribution in [0.1, 0.15) is 44.8 Å². The van der Waals surface area contributed by atoms with Crippen molar-refractivity contribution in [3.8, 4) is 6.07 Å². The molecule has 8 nitrogen and oxygen atoms in total. The molecule has 1 saturated carbocycles. The highest BCUT2D eigenvalue weighted by Crippen LogP contribution is 2.49. The van der Waals surface area contributed by atoms with Crippen LogP contribution in [0.3, 0.4) is 0 Å². The Morgan fingerprint density at radius 2 is 1.88 bits per heavy atom. The summed E-state index contributed by atoms with van der Waals surface area (Å²) in [6.45, 7) is 1.73. The van der Waals surface area contributed by atoms with Gasteiger partial charge in [0.25, 0.3) is 17.4 Å². The molecule has 1 aliphatic carbocycles. The average Bonchev–Trinajstić information content (AvgIpc) is 3.53. The first-order valence-electron chi connectivity index (χ1n) is 10.5. The second kappa shape index (κ2) is 8.81. The molecule has 0 unspecified atom stereocenters. The van der Waals surface area contributed by atoms with Crippen LogP contribution in [0.2, 0.25) is 0 Å². The van der Waals surface area contributed by atoms with Crippen molar-refractivity contribution in [1.82, 2.24) is 19.1 Å². The van der Waals surface area contributed by atoms with E-state index in [1.807, 2.05) is 25.1 Å². The molecular formula is C23H25N5O3S. The van der Waals surface area contributed by atoms with E-state index >= 15 is 0 Å². The smallest absolute Gasteiger partial charge is 0.270 e. The maximum absolute atomic E-state index is 13.0. The molecule has 1 aliphatic heterocycles. The third kappa shape index (κ3) is 4.56. The van der Waals surface area contributed by atoms with Crippen LogP contribution < -0.4 is 10.9 Å². The quantitative estimate of drug-likeness (QED) is 0.645. The van der Waals surface area contributed by atoms with E-state index in [9.17, 15) is 14.4 Å². The van der Waals surface area contributed by atoms with Crippen LogP contribution in [-0.4, -0.2) is 57.5 Å². The lowest BCUT2D eigenvalue weighted by atomic mass is 10.1. The zero-order valence-corrected chi connectivity index (χ0v) is 18.9. The molecule has 2 amide bonds. The van der Waals surface area contributed by atoms with E-state index in [1.54, 1.807) is 42.3 Å². The normalized spacial score (nSPS) is 16.4. The van der Waals surface area contributed by atoms with E-state index in [4.69, 9.17) is 5.26 Å². The third-order valence-electron chi connectivity index (χ3n) is 5.72. The molecule has 1 aromatic carbocycles. The number of nitrogens with zero attached hydrogens (tertiary/aromatic N) is 4. The van der Waals surface area contributed by atoms with Gasteiger partial charge in [0.05, 0.1) is 11.6 Å². The Labute approximate surface area is 190 Å². The number of amides is 2. The number of nitriles is 1. The number of rotatable bonds is 7. The standard InChI is InChI=1S/C23H25N5O3S/c1-26(2)32-23(9-10-23)15-27-11-12-28-19(22(27)31)8-7-18(21(28)30)20(29)25-14-17-5-3-16(13-24)4-6-17/h3-8H,9-12,14-15H2,1-2H3,(H,25,29). The third-order valence-corrected chi connectivity index (χ3v) is 7.01. The molecule has 9 heteroatoms. The summed E-state index contributed by atoms with van der Waals surface area (Å²) in [6, 6.07) is 11.9. The van der Waals surface area contributed by atoms with Crippen LogP contribution in [0.4, 0.5) is 0 Å². The largest absolute Gasteiger partial charge is 0.348 e. The number of benzene rings is 1. The van der Waals surface area contributed by atoms with Gasteiger partial charge in [0.1, 0.15) is 11.3 Å². The van der Waals surface area contributed by atoms with E-state index < -0.39 is 11.5 Å². The highest BCUT2D eigenvalue weighted by atomic mass is 32.2. The second-order valence-electron chi connectivity index (χ2n) is 8.39. The number of hydrogen-bond acceptors (Lipinski definition) is 6. The number of carbonyl (C=O) groups excluding carboxylic acids is 2. The number of hydrogen-bond donors (Lipinski definition) is 1. The van der Waals surface area contributed by atoms with E-state index in [2.05, 4.69) is 9.62 Å². The molecule has 2 aromatic rings. The fourth-order valence-electron chi connectivity index (χ4n) is 3.92. The molecule has 0 radical (unpaired) electrons. The van der Waals surface area contributed by atoms with Gasteiger partial charge in [0.15, 0.2) is 0 Å². The summed E-state index contributed by atoms with van der Waals surface area (Å²) < 4.78 is 3.56. The van der Waals surface area contributed by atoms with Crippen LogP contribution in [0.25, 0.3) is 0 Å². The van der Waals surface area contributed by atoms with Gasteiger partial charge >= 0.3 is 0 Å². The molecule has 0 bridgehead atoms. The fraction of sp³-hybridized carbons (Fsp3) is 0.391. The predicted molar refractivity (Wildman–Crippen MR) is 122 cm³/mol. The summed E-state index contributed by atoms with van der Waals surface area (Å²) in [5.74, 6) is -0.646. The van der Waals surface area contributed by atoms with Crippen LogP contribution in [0.15, 0.2) is 41.2 Å². The number of aromatic nitrogens is 1. The summed E-state index contributed by atoms with van der Waals surface area (Å²) in [7, 11) is 4.01. The molecule has 1 aromatic heterocycles. The van der Waals surface area contributed by atoms with Gasteiger partial charge in [-0.1, -0.05) is 24.1 Å². The summed E-state index contributed by atoms with van der Waals surface area (Å²) in [5.41, 5.74) is 1.27. The molecule has 4 rings (SSSR count). The van der Waals surface area contributed by atoms with Gasteiger partial charge in [-0.3, -0.25) is 18.7 Å². The molecule has 32 heavy (non-hydrogen) atoms. The van der Waals surface area contributed by atoms with E-state index in [-0.39, 0.29) is 22.8 Å². The van der Waals surface area contributed by atoms with Gasteiger partial charge in [0, 0.05) is 30.9 Å². The summed E-state index contributed by atoms with van der Waals surface area (Å²) >= 11 is 1.76. The summed E-state index contributed by atoms with van der Waals surface area (Å²) in [5, 5.41) is 11.6. The number of fused-ring (bicyclic) bond motifs is 1. The van der Waals surface area contributed by atoms with Crippen molar-refractivity contribution in [2.45, 2.75) is 30.7 Å². The minimum absolute atomic E-state index is 0.0190. The van der Waals surface area contributed by atoms with Crippen molar-refractivity contribution >= 4 is 23.8 Å². The van der Waals surface area contributed by atoms with E-state index in [0.717, 1.165) is 18.4 Å². The van der Waals surface area contributed by atoms with Gasteiger partial charge in [-0.25, -0.2) is 0 Å². The Bertz CT molecular complexity index is 1150. The lowest BCUT2D eigenvalue weighted by molar-refractivity contribution is 0.0695. The highest BCUT2D eigenvalue weighted by molar-refractivity contribution is 7.98. The van der Waals surface area contributed by atoms with Crippen molar-refractivity contribution in [2.75, 3.05) is 27.2 Å². The predicted octanol–water partition coefficient (Wildman–Crippen LogP) is 1.85. The first kappa shape index (κ1) is 22.1. The minimum atomic E-state index is -0.483. The Morgan fingerprint density at radius 1 is 1.16 bits per heavy atom. The molecule has 1 N–H and O–H groups in total. The molecule has 1 fully saturated rings. The number of carbonyl (C=O) groups is 2. The van der Waals surface area contributed by atoms with Crippen molar-refractivity contribution in [2.24, 2.45) is 0 Å². The van der Waals surface area contributed by atoms with Crippen LogP contribution in [-0.2, 0) is 13.1 Å². The van der Waals surface area contributed by atoms with Crippen molar-refractivity contribution < 1.29 is 9.59 Å². The lowest BCUT2D eigenvalue weighted by Gasteiger charge is -2.33. The van der Waals surface area contributed by atoms with Crippen LogP contribution in [0, 0.1) is 11.3 Å². The first-order valence-corrected chi connectivity index (χ1v) is 11.3. The average molecular weight is 452 g/mol. The Balaban J connectivity index is 1.45. The van der Waals surface area contributed by atoms with Gasteiger partial charge < -0.3 is 14.8 Å². The monoisotopic (exact) mass is 451 g/mol. The van der Waals surface area contributed by atoms with Crippen molar-refractivity contribution in [3.63, 3.8) is 0 Å². The Morgan fingerprint density at radius 3 is 2.50 bits per heavy atom. The first-order chi connectivity index (χ1) is 15.3. The highest BCUT2D eigenvalue weighted by Gasteiger charge is 2.47. The molecular weight excluding hydrogens is 426 g/mol. The topological polar surface area (TPSA) is 98.4 Å². The van der Waals surface area contributed by atoms with Gasteiger partial charge in [0.2, 0.25) is 0 Å². The summed E-state index contributed by atoms with van der Waals surface area (Å²) in [6.07, 6.45) is 2.15. The zero-order chi connectivity index (χ0) is 22.9. The van der Waals surface area contributed by atoms with Gasteiger partial charge in [-0.15, -0.1) is 0 Å². The number of nitrogens with one attached hydrogen (secondary N) is 1. The second-order valence-corrected chi connectivity index (χ2v) is 10.2. The SMILES string of the molecule is CN(C)SC1(CN2CCn3c(ccc(C(=O)NCc4ccc(C#N)cc4)c3=O)C2=O)CC1. The number of pyridine rings is 1. The fourth-order valence-corrected chi connectivity index (χ4v) is 5.20. The molecule has 2 aliphatic rings. The van der Waals surface area contributed by atoms with E-state index in [0.29, 0.717) is 30.9 Å².